The highest BCUT2D eigenvalue weighted by molar-refractivity contribution is 7.14. The van der Waals surface area contributed by atoms with Crippen molar-refractivity contribution in [2.24, 2.45) is 0 Å². The van der Waals surface area contributed by atoms with Gasteiger partial charge in [-0.25, -0.2) is 0 Å². The molecule has 1 amide bonds. The highest BCUT2D eigenvalue weighted by Crippen LogP contribution is 2.32. The highest BCUT2D eigenvalue weighted by Gasteiger charge is 2.30. The molecule has 0 N–H and O–H groups in total. The average Bonchev–Trinajstić information content (AvgIpc) is 3.20. The fourth-order valence-electron chi connectivity index (χ4n) is 3.59. The van der Waals surface area contributed by atoms with Crippen LogP contribution in [0.2, 0.25) is 0 Å². The van der Waals surface area contributed by atoms with Gasteiger partial charge in [-0.05, 0) is 57.1 Å². The first-order valence-corrected chi connectivity index (χ1v) is 9.23. The lowest BCUT2D eigenvalue weighted by atomic mass is 9.97. The molecule has 0 unspecified atom stereocenters. The first-order valence-electron chi connectivity index (χ1n) is 8.42. The first kappa shape index (κ1) is 14.9. The van der Waals surface area contributed by atoms with Gasteiger partial charge in [-0.3, -0.25) is 4.79 Å². The van der Waals surface area contributed by atoms with E-state index in [-0.39, 0.29) is 11.8 Å². The Hall–Kier alpha value is -1.69. The number of aromatic nitrogens is 2. The van der Waals surface area contributed by atoms with Crippen LogP contribution in [0.4, 0.5) is 0 Å². The molecule has 0 spiro atoms. The normalized spacial score (nSPS) is 21.3. The maximum atomic E-state index is 12.9. The molecule has 1 aliphatic heterocycles. The zero-order valence-electron chi connectivity index (χ0n) is 13.4. The minimum atomic E-state index is 0.170. The Labute approximate surface area is 139 Å². The van der Waals surface area contributed by atoms with Gasteiger partial charge >= 0.3 is 0 Å². The maximum Gasteiger partial charge on any atom is 0.263 e. The largest absolute Gasteiger partial charge is 0.339 e. The van der Waals surface area contributed by atoms with Crippen molar-refractivity contribution in [3.63, 3.8) is 0 Å². The van der Waals surface area contributed by atoms with Crippen molar-refractivity contribution >= 4 is 17.2 Å². The van der Waals surface area contributed by atoms with Crippen molar-refractivity contribution in [3.05, 3.63) is 33.1 Å². The Morgan fingerprint density at radius 2 is 2.22 bits per heavy atom. The number of carbonyl (C=O) groups is 1. The summed E-state index contributed by atoms with van der Waals surface area (Å²) in [6.45, 7) is 3.34. The molecule has 1 aliphatic carbocycles. The summed E-state index contributed by atoms with van der Waals surface area (Å²) in [5.41, 5.74) is 1.39. The molecule has 1 atom stereocenters. The molecule has 6 heteroatoms. The third-order valence-electron chi connectivity index (χ3n) is 4.81. The average molecular weight is 331 g/mol. The molecular weight excluding hydrogens is 310 g/mol. The van der Waals surface area contributed by atoms with Gasteiger partial charge in [0.2, 0.25) is 5.89 Å². The monoisotopic (exact) mass is 331 g/mol. The third kappa shape index (κ3) is 2.92. The molecule has 1 fully saturated rings. The number of likely N-dealkylation sites (tertiary alicyclic amines) is 1. The van der Waals surface area contributed by atoms with E-state index in [0.717, 1.165) is 37.1 Å². The molecule has 0 bridgehead atoms. The Bertz CT molecular complexity index is 698. The van der Waals surface area contributed by atoms with Crippen LogP contribution >= 0.6 is 11.3 Å². The summed E-state index contributed by atoms with van der Waals surface area (Å²) >= 11 is 1.70. The summed E-state index contributed by atoms with van der Waals surface area (Å²) in [5, 5.41) is 3.88. The number of hydrogen-bond acceptors (Lipinski definition) is 5. The van der Waals surface area contributed by atoms with Gasteiger partial charge in [0.1, 0.15) is 0 Å². The zero-order chi connectivity index (χ0) is 15.8. The number of piperidine rings is 1. The molecule has 0 radical (unpaired) electrons. The number of amides is 1. The van der Waals surface area contributed by atoms with E-state index >= 15 is 0 Å². The first-order chi connectivity index (χ1) is 11.2. The Morgan fingerprint density at radius 3 is 3.00 bits per heavy atom. The van der Waals surface area contributed by atoms with Gasteiger partial charge in [0.05, 0.1) is 10.8 Å². The summed E-state index contributed by atoms with van der Waals surface area (Å²) in [5.74, 6) is 1.67. The number of nitrogens with zero attached hydrogens (tertiary/aromatic N) is 3. The molecule has 2 aromatic heterocycles. The third-order valence-corrected chi connectivity index (χ3v) is 6.03. The molecular formula is C17H21N3O2S. The van der Waals surface area contributed by atoms with Gasteiger partial charge in [0.25, 0.3) is 5.91 Å². The topological polar surface area (TPSA) is 59.2 Å². The van der Waals surface area contributed by atoms with Crippen LogP contribution < -0.4 is 0 Å². The van der Waals surface area contributed by atoms with Gasteiger partial charge in [0, 0.05) is 18.0 Å². The van der Waals surface area contributed by atoms with Gasteiger partial charge in [0.15, 0.2) is 5.82 Å². The molecule has 0 aromatic carbocycles. The number of rotatable bonds is 2. The van der Waals surface area contributed by atoms with E-state index in [2.05, 4.69) is 16.2 Å². The summed E-state index contributed by atoms with van der Waals surface area (Å²) in [7, 11) is 0. The lowest BCUT2D eigenvalue weighted by molar-refractivity contribution is 0.0700. The number of aryl methyl sites for hydroxylation is 3. The van der Waals surface area contributed by atoms with E-state index in [1.165, 1.54) is 23.3 Å². The van der Waals surface area contributed by atoms with Crippen molar-refractivity contribution in [2.45, 2.75) is 51.4 Å². The fourth-order valence-corrected chi connectivity index (χ4v) is 4.82. The van der Waals surface area contributed by atoms with Gasteiger partial charge in [-0.2, -0.15) is 4.98 Å². The lowest BCUT2D eigenvalue weighted by Gasteiger charge is -2.30. The van der Waals surface area contributed by atoms with Crippen molar-refractivity contribution in [1.82, 2.24) is 15.0 Å². The molecule has 2 aromatic rings. The Kier molecular flexibility index (Phi) is 3.93. The van der Waals surface area contributed by atoms with Crippen LogP contribution in [-0.4, -0.2) is 34.0 Å². The molecule has 122 valence electrons. The summed E-state index contributed by atoms with van der Waals surface area (Å²) in [6.07, 6.45) is 6.76. The molecule has 2 aliphatic rings. The van der Waals surface area contributed by atoms with Crippen LogP contribution in [0.1, 0.15) is 63.4 Å². The number of fused-ring (bicyclic) bond motifs is 1. The standard InChI is InChI=1S/C17H21N3O2S/c1-11-18-16(22-19-11)13-6-4-8-20(10-13)17(21)15-9-12-5-2-3-7-14(12)23-15/h9,13H,2-8,10H2,1H3/t13-/m0/s1. The van der Waals surface area contributed by atoms with E-state index in [4.69, 9.17) is 4.52 Å². The maximum absolute atomic E-state index is 12.9. The second-order valence-corrected chi connectivity index (χ2v) is 7.67. The molecule has 3 heterocycles. The number of thiophene rings is 1. The van der Waals surface area contributed by atoms with E-state index in [9.17, 15) is 4.79 Å². The predicted molar refractivity (Wildman–Crippen MR) is 87.9 cm³/mol. The van der Waals surface area contributed by atoms with Crippen LogP contribution in [0.15, 0.2) is 10.6 Å². The van der Waals surface area contributed by atoms with E-state index < -0.39 is 0 Å². The minimum absolute atomic E-state index is 0.170. The van der Waals surface area contributed by atoms with Crippen molar-refractivity contribution in [2.75, 3.05) is 13.1 Å². The molecule has 5 nitrogen and oxygen atoms in total. The quantitative estimate of drug-likeness (QED) is 0.847. The Morgan fingerprint density at radius 1 is 1.35 bits per heavy atom. The zero-order valence-corrected chi connectivity index (χ0v) is 14.2. The predicted octanol–water partition coefficient (Wildman–Crippen LogP) is 3.34. The van der Waals surface area contributed by atoms with Crippen molar-refractivity contribution < 1.29 is 9.32 Å². The summed E-state index contributed by atoms with van der Waals surface area (Å²) < 4.78 is 5.31. The smallest absolute Gasteiger partial charge is 0.263 e. The SMILES string of the molecule is Cc1noc([C@H]2CCCN(C(=O)c3cc4c(s3)CCCC4)C2)n1. The van der Waals surface area contributed by atoms with Crippen LogP contribution in [0.5, 0.6) is 0 Å². The summed E-state index contributed by atoms with van der Waals surface area (Å²) in [4.78, 5) is 21.5. The van der Waals surface area contributed by atoms with Crippen LogP contribution in [0.25, 0.3) is 0 Å². The van der Waals surface area contributed by atoms with Crippen LogP contribution in [0, 0.1) is 6.92 Å². The van der Waals surface area contributed by atoms with Crippen LogP contribution in [-0.2, 0) is 12.8 Å². The van der Waals surface area contributed by atoms with E-state index in [0.29, 0.717) is 18.3 Å². The molecule has 0 saturated carbocycles. The molecule has 23 heavy (non-hydrogen) atoms. The molecule has 1 saturated heterocycles. The molecule has 4 rings (SSSR count). The van der Waals surface area contributed by atoms with Crippen LogP contribution in [0.3, 0.4) is 0 Å². The number of carbonyl (C=O) groups excluding carboxylic acids is 1. The second-order valence-electron chi connectivity index (χ2n) is 6.54. The van der Waals surface area contributed by atoms with E-state index in [1.54, 1.807) is 11.3 Å². The second kappa shape index (κ2) is 6.07. The fraction of sp³-hybridized carbons (Fsp3) is 0.588. The lowest BCUT2D eigenvalue weighted by Crippen LogP contribution is -2.38. The van der Waals surface area contributed by atoms with Crippen molar-refractivity contribution in [3.8, 4) is 0 Å². The highest BCUT2D eigenvalue weighted by atomic mass is 32.1. The number of hydrogen-bond donors (Lipinski definition) is 0. The van der Waals surface area contributed by atoms with E-state index in [1.807, 2.05) is 11.8 Å². The van der Waals surface area contributed by atoms with Gasteiger partial charge in [-0.1, -0.05) is 5.16 Å². The van der Waals surface area contributed by atoms with Gasteiger partial charge < -0.3 is 9.42 Å². The minimum Gasteiger partial charge on any atom is -0.339 e. The van der Waals surface area contributed by atoms with Gasteiger partial charge in [-0.15, -0.1) is 11.3 Å². The summed E-state index contributed by atoms with van der Waals surface area (Å²) in [6, 6.07) is 2.13. The Balaban J connectivity index is 1.50. The van der Waals surface area contributed by atoms with Crippen molar-refractivity contribution in [1.29, 1.82) is 0 Å².